The summed E-state index contributed by atoms with van der Waals surface area (Å²) in [7, 11) is 1.15. The van der Waals surface area contributed by atoms with E-state index >= 15 is 0 Å². The SMILES string of the molecule is COC(=O)c1cc(N2CCOC[C@H]2C)nn1CC(N)C(F)(F)F. The first-order valence-corrected chi connectivity index (χ1v) is 7.07. The third-order valence-corrected chi connectivity index (χ3v) is 3.61. The van der Waals surface area contributed by atoms with Crippen molar-refractivity contribution in [3.8, 4) is 0 Å². The molecular weight excluding hydrogens is 317 g/mol. The average Bonchev–Trinajstić information content (AvgIpc) is 2.89. The van der Waals surface area contributed by atoms with E-state index < -0.39 is 24.7 Å². The molecule has 1 aliphatic heterocycles. The number of hydrogen-bond donors (Lipinski definition) is 1. The number of carbonyl (C=O) groups is 1. The highest BCUT2D eigenvalue weighted by atomic mass is 19.4. The summed E-state index contributed by atoms with van der Waals surface area (Å²) in [6, 6.07) is -0.717. The predicted molar refractivity (Wildman–Crippen MR) is 75.2 cm³/mol. The molecule has 1 saturated heterocycles. The van der Waals surface area contributed by atoms with E-state index in [-0.39, 0.29) is 11.7 Å². The molecular formula is C13H19F3N4O3. The fourth-order valence-corrected chi connectivity index (χ4v) is 2.31. The Morgan fingerprint density at radius 2 is 2.30 bits per heavy atom. The molecule has 0 aliphatic carbocycles. The van der Waals surface area contributed by atoms with Gasteiger partial charge in [-0.1, -0.05) is 0 Å². The first-order valence-electron chi connectivity index (χ1n) is 7.07. The second-order valence-electron chi connectivity index (χ2n) is 5.33. The molecule has 1 aromatic heterocycles. The molecule has 2 heterocycles. The van der Waals surface area contributed by atoms with Gasteiger partial charge in [0.1, 0.15) is 11.7 Å². The van der Waals surface area contributed by atoms with E-state index in [0.29, 0.717) is 25.6 Å². The van der Waals surface area contributed by atoms with Crippen LogP contribution < -0.4 is 10.6 Å². The van der Waals surface area contributed by atoms with Crippen molar-refractivity contribution in [2.75, 3.05) is 31.8 Å². The zero-order chi connectivity index (χ0) is 17.2. The standard InChI is InChI=1S/C13H19F3N4O3/c1-8-7-23-4-3-19(8)11-5-9(12(21)22-2)20(18-11)6-10(17)13(14,15)16/h5,8,10H,3-4,6-7,17H2,1-2H3/t8-,10?/m1/s1. The number of rotatable bonds is 4. The first-order chi connectivity index (χ1) is 10.7. The van der Waals surface area contributed by atoms with E-state index in [1.165, 1.54) is 6.07 Å². The van der Waals surface area contributed by atoms with Crippen molar-refractivity contribution in [2.45, 2.75) is 31.7 Å². The molecule has 23 heavy (non-hydrogen) atoms. The summed E-state index contributed by atoms with van der Waals surface area (Å²) in [5.74, 6) is -0.366. The molecule has 10 heteroatoms. The third-order valence-electron chi connectivity index (χ3n) is 3.61. The maximum absolute atomic E-state index is 12.7. The number of carbonyl (C=O) groups excluding carboxylic acids is 1. The van der Waals surface area contributed by atoms with Crippen molar-refractivity contribution in [1.82, 2.24) is 9.78 Å². The van der Waals surface area contributed by atoms with Crippen molar-refractivity contribution < 1.29 is 27.4 Å². The molecule has 2 atom stereocenters. The Bertz CT molecular complexity index is 561. The highest BCUT2D eigenvalue weighted by Gasteiger charge is 2.38. The lowest BCUT2D eigenvalue weighted by atomic mass is 10.2. The van der Waals surface area contributed by atoms with Gasteiger partial charge in [0.2, 0.25) is 0 Å². The van der Waals surface area contributed by atoms with Gasteiger partial charge in [-0.15, -0.1) is 0 Å². The number of anilines is 1. The van der Waals surface area contributed by atoms with E-state index in [9.17, 15) is 18.0 Å². The zero-order valence-electron chi connectivity index (χ0n) is 12.8. The molecule has 0 amide bonds. The Hall–Kier alpha value is -1.81. The molecule has 0 saturated carbocycles. The number of hydrogen-bond acceptors (Lipinski definition) is 6. The molecule has 0 radical (unpaired) electrons. The number of methoxy groups -OCH3 is 1. The van der Waals surface area contributed by atoms with E-state index in [4.69, 9.17) is 10.5 Å². The number of esters is 1. The molecule has 7 nitrogen and oxygen atoms in total. The van der Waals surface area contributed by atoms with Gasteiger partial charge < -0.3 is 20.1 Å². The summed E-state index contributed by atoms with van der Waals surface area (Å²) in [5, 5.41) is 4.11. The zero-order valence-corrected chi connectivity index (χ0v) is 12.8. The topological polar surface area (TPSA) is 82.6 Å². The minimum Gasteiger partial charge on any atom is -0.464 e. The van der Waals surface area contributed by atoms with Crippen LogP contribution in [0.1, 0.15) is 17.4 Å². The predicted octanol–water partition coefficient (Wildman–Crippen LogP) is 0.784. The smallest absolute Gasteiger partial charge is 0.405 e. The third kappa shape index (κ3) is 3.94. The van der Waals surface area contributed by atoms with Crippen LogP contribution in [-0.2, 0) is 16.0 Å². The maximum atomic E-state index is 12.7. The molecule has 0 bridgehead atoms. The lowest BCUT2D eigenvalue weighted by molar-refractivity contribution is -0.150. The molecule has 2 N–H and O–H groups in total. The van der Waals surface area contributed by atoms with Gasteiger partial charge in [0, 0.05) is 12.6 Å². The van der Waals surface area contributed by atoms with Gasteiger partial charge >= 0.3 is 12.1 Å². The molecule has 2 rings (SSSR count). The van der Waals surface area contributed by atoms with Crippen LogP contribution in [0.4, 0.5) is 19.0 Å². The Morgan fingerprint density at radius 1 is 1.61 bits per heavy atom. The summed E-state index contributed by atoms with van der Waals surface area (Å²) in [6.07, 6.45) is -4.58. The average molecular weight is 336 g/mol. The Kier molecular flexibility index (Phi) is 5.15. The molecule has 1 aliphatic rings. The van der Waals surface area contributed by atoms with Crippen molar-refractivity contribution in [2.24, 2.45) is 5.73 Å². The number of ether oxygens (including phenoxy) is 2. The van der Waals surface area contributed by atoms with Crippen molar-refractivity contribution in [3.63, 3.8) is 0 Å². The van der Waals surface area contributed by atoms with Crippen molar-refractivity contribution in [1.29, 1.82) is 0 Å². The van der Waals surface area contributed by atoms with Crippen LogP contribution in [0, 0.1) is 0 Å². The Balaban J connectivity index is 2.30. The lowest BCUT2D eigenvalue weighted by Gasteiger charge is -2.33. The van der Waals surface area contributed by atoms with Crippen LogP contribution in [0.2, 0.25) is 0 Å². The second kappa shape index (κ2) is 6.75. The number of alkyl halides is 3. The number of nitrogens with two attached hydrogens (primary N) is 1. The van der Waals surface area contributed by atoms with Gasteiger partial charge in [-0.2, -0.15) is 18.3 Å². The summed E-state index contributed by atoms with van der Waals surface area (Å²) >= 11 is 0. The summed E-state index contributed by atoms with van der Waals surface area (Å²) in [4.78, 5) is 13.7. The normalized spacial score (nSPS) is 20.4. The van der Waals surface area contributed by atoms with E-state index in [1.54, 1.807) is 0 Å². The number of halogens is 3. The summed E-state index contributed by atoms with van der Waals surface area (Å²) in [5.41, 5.74) is 5.07. The highest BCUT2D eigenvalue weighted by molar-refractivity contribution is 5.88. The first kappa shape index (κ1) is 17.5. The highest BCUT2D eigenvalue weighted by Crippen LogP contribution is 2.23. The Labute approximate surface area is 131 Å². The van der Waals surface area contributed by atoms with E-state index in [2.05, 4.69) is 9.84 Å². The quantitative estimate of drug-likeness (QED) is 0.819. The minimum atomic E-state index is -4.58. The van der Waals surface area contributed by atoms with Crippen molar-refractivity contribution in [3.05, 3.63) is 11.8 Å². The van der Waals surface area contributed by atoms with Gasteiger partial charge in [0.05, 0.1) is 32.9 Å². The van der Waals surface area contributed by atoms with Crippen LogP contribution in [0.5, 0.6) is 0 Å². The van der Waals surface area contributed by atoms with E-state index in [1.807, 2.05) is 11.8 Å². The minimum absolute atomic E-state index is 0.00566. The van der Waals surface area contributed by atoms with E-state index in [0.717, 1.165) is 11.8 Å². The number of morpholine rings is 1. The van der Waals surface area contributed by atoms with Crippen LogP contribution in [0.25, 0.3) is 0 Å². The summed E-state index contributed by atoms with van der Waals surface area (Å²) < 4.78 is 48.9. The van der Waals surface area contributed by atoms with Crippen LogP contribution in [-0.4, -0.2) is 60.9 Å². The summed E-state index contributed by atoms with van der Waals surface area (Å²) in [6.45, 7) is 2.73. The Morgan fingerprint density at radius 3 is 2.87 bits per heavy atom. The number of aromatic nitrogens is 2. The largest absolute Gasteiger partial charge is 0.464 e. The molecule has 0 spiro atoms. The van der Waals surface area contributed by atoms with Crippen molar-refractivity contribution >= 4 is 11.8 Å². The lowest BCUT2D eigenvalue weighted by Crippen LogP contribution is -2.44. The fraction of sp³-hybridized carbons (Fsp3) is 0.692. The number of nitrogens with zero attached hydrogens (tertiary/aromatic N) is 3. The molecule has 130 valence electrons. The van der Waals surface area contributed by atoms with Gasteiger partial charge in [-0.25, -0.2) is 4.79 Å². The molecule has 1 fully saturated rings. The van der Waals surface area contributed by atoms with Gasteiger partial charge in [-0.3, -0.25) is 4.68 Å². The van der Waals surface area contributed by atoms with Gasteiger partial charge in [0.15, 0.2) is 5.82 Å². The maximum Gasteiger partial charge on any atom is 0.405 e. The van der Waals surface area contributed by atoms with Crippen LogP contribution in [0.3, 0.4) is 0 Å². The molecule has 1 unspecified atom stereocenters. The monoisotopic (exact) mass is 336 g/mol. The fourth-order valence-electron chi connectivity index (χ4n) is 2.31. The van der Waals surface area contributed by atoms with Crippen LogP contribution >= 0.6 is 0 Å². The second-order valence-corrected chi connectivity index (χ2v) is 5.33. The molecule has 0 aromatic carbocycles. The van der Waals surface area contributed by atoms with Gasteiger partial charge in [0.25, 0.3) is 0 Å². The van der Waals surface area contributed by atoms with Gasteiger partial charge in [-0.05, 0) is 6.92 Å². The van der Waals surface area contributed by atoms with Crippen LogP contribution in [0.15, 0.2) is 6.07 Å². The molecule has 1 aromatic rings.